The third kappa shape index (κ3) is 4.50. The first kappa shape index (κ1) is 14.9. The molecule has 0 fully saturated rings. The molecule has 1 amide bonds. The lowest BCUT2D eigenvalue weighted by atomic mass is 10.2. The lowest BCUT2D eigenvalue weighted by Crippen LogP contribution is -2.07. The zero-order chi connectivity index (χ0) is 15.2. The molecule has 0 saturated heterocycles. The van der Waals surface area contributed by atoms with Crippen LogP contribution in [-0.4, -0.2) is 15.8 Å². The lowest BCUT2D eigenvalue weighted by molar-refractivity contribution is -0.384. The van der Waals surface area contributed by atoms with Crippen LogP contribution in [0.25, 0.3) is 6.08 Å². The number of halogens is 1. The number of nitrogens with zero attached hydrogens (tertiary/aromatic N) is 2. The van der Waals surface area contributed by atoms with Crippen molar-refractivity contribution < 1.29 is 9.72 Å². The molecule has 0 spiro atoms. The lowest BCUT2D eigenvalue weighted by Gasteiger charge is -2.01. The number of carbonyl (C=O) groups excluding carboxylic acids is 1. The first-order valence-corrected chi connectivity index (χ1v) is 6.69. The largest absolute Gasteiger partial charge is 0.321 e. The molecule has 0 aliphatic carbocycles. The number of non-ortho nitro benzene ring substituents is 1. The molecule has 21 heavy (non-hydrogen) atoms. The molecular weight excluding hydrogens is 338 g/mol. The van der Waals surface area contributed by atoms with Gasteiger partial charge in [0.15, 0.2) is 0 Å². The van der Waals surface area contributed by atoms with Crippen LogP contribution in [-0.2, 0) is 4.79 Å². The van der Waals surface area contributed by atoms with Gasteiger partial charge in [-0.2, -0.15) is 0 Å². The minimum Gasteiger partial charge on any atom is -0.321 e. The van der Waals surface area contributed by atoms with Gasteiger partial charge in [0, 0.05) is 18.2 Å². The van der Waals surface area contributed by atoms with Crippen molar-refractivity contribution in [3.63, 3.8) is 0 Å². The van der Waals surface area contributed by atoms with Crippen molar-refractivity contribution in [1.29, 1.82) is 0 Å². The first-order chi connectivity index (χ1) is 10.0. The van der Waals surface area contributed by atoms with Gasteiger partial charge in [0.05, 0.1) is 16.8 Å². The fourth-order valence-electron chi connectivity index (χ4n) is 1.55. The van der Waals surface area contributed by atoms with E-state index >= 15 is 0 Å². The van der Waals surface area contributed by atoms with Crippen LogP contribution in [0.5, 0.6) is 0 Å². The molecule has 0 unspecified atom stereocenters. The van der Waals surface area contributed by atoms with Crippen molar-refractivity contribution in [1.82, 2.24) is 4.98 Å². The van der Waals surface area contributed by atoms with Gasteiger partial charge in [-0.05, 0) is 39.7 Å². The Hall–Kier alpha value is -2.54. The number of benzene rings is 1. The molecule has 0 atom stereocenters. The Morgan fingerprint density at radius 1 is 1.33 bits per heavy atom. The van der Waals surface area contributed by atoms with Gasteiger partial charge >= 0.3 is 0 Å². The average molecular weight is 348 g/mol. The van der Waals surface area contributed by atoms with Gasteiger partial charge in [0.2, 0.25) is 5.91 Å². The van der Waals surface area contributed by atoms with Gasteiger partial charge in [-0.25, -0.2) is 4.98 Å². The highest BCUT2D eigenvalue weighted by atomic mass is 79.9. The van der Waals surface area contributed by atoms with E-state index in [1.807, 2.05) is 0 Å². The quantitative estimate of drug-likeness (QED) is 0.397. The number of carbonyl (C=O) groups is 1. The van der Waals surface area contributed by atoms with Gasteiger partial charge in [-0.1, -0.05) is 12.1 Å². The molecule has 0 saturated carbocycles. The number of nitrogens with one attached hydrogen (secondary N) is 1. The highest BCUT2D eigenvalue weighted by Gasteiger charge is 2.04. The molecule has 1 aromatic carbocycles. The molecule has 7 heteroatoms. The van der Waals surface area contributed by atoms with Gasteiger partial charge in [0.25, 0.3) is 5.69 Å². The number of nitro benzene ring substituents is 1. The SMILES string of the molecule is O=C(/C=C/c1cccc([N+](=O)[O-])c1)Nc1ccc(Br)nc1. The summed E-state index contributed by atoms with van der Waals surface area (Å²) in [5.74, 6) is -0.342. The standard InChI is InChI=1S/C14H10BrN3O3/c15-13-6-5-11(9-16-13)17-14(19)7-4-10-2-1-3-12(8-10)18(20)21/h1-9H,(H,17,19)/b7-4+. The van der Waals surface area contributed by atoms with Crippen molar-refractivity contribution >= 4 is 39.3 Å². The van der Waals surface area contributed by atoms with Gasteiger partial charge in [-0.3, -0.25) is 14.9 Å². The van der Waals surface area contributed by atoms with Crippen LogP contribution < -0.4 is 5.32 Å². The number of anilines is 1. The van der Waals surface area contributed by atoms with Gasteiger partial charge < -0.3 is 5.32 Å². The van der Waals surface area contributed by atoms with Gasteiger partial charge in [-0.15, -0.1) is 0 Å². The number of rotatable bonds is 4. The van der Waals surface area contributed by atoms with Crippen LogP contribution >= 0.6 is 15.9 Å². The van der Waals surface area contributed by atoms with E-state index in [2.05, 4.69) is 26.2 Å². The molecule has 106 valence electrons. The summed E-state index contributed by atoms with van der Waals surface area (Å²) >= 11 is 3.20. The van der Waals surface area contributed by atoms with Crippen molar-refractivity contribution in [2.75, 3.05) is 5.32 Å². The first-order valence-electron chi connectivity index (χ1n) is 5.90. The van der Waals surface area contributed by atoms with Crippen molar-refractivity contribution in [3.8, 4) is 0 Å². The van der Waals surface area contributed by atoms with E-state index in [1.54, 1.807) is 24.3 Å². The molecule has 6 nitrogen and oxygen atoms in total. The van der Waals surface area contributed by atoms with Crippen LogP contribution in [0.4, 0.5) is 11.4 Å². The van der Waals surface area contributed by atoms with E-state index in [4.69, 9.17) is 0 Å². The Kier molecular flexibility index (Phi) is 4.78. The monoisotopic (exact) mass is 347 g/mol. The highest BCUT2D eigenvalue weighted by Crippen LogP contribution is 2.14. The molecule has 1 aromatic heterocycles. The summed E-state index contributed by atoms with van der Waals surface area (Å²) in [4.78, 5) is 25.9. The number of hydrogen-bond donors (Lipinski definition) is 1. The maximum Gasteiger partial charge on any atom is 0.270 e. The van der Waals surface area contributed by atoms with Gasteiger partial charge in [0.1, 0.15) is 4.60 Å². The second kappa shape index (κ2) is 6.76. The predicted molar refractivity (Wildman–Crippen MR) is 82.7 cm³/mol. The topological polar surface area (TPSA) is 85.1 Å². The van der Waals surface area contributed by atoms with Crippen molar-refractivity contribution in [2.45, 2.75) is 0 Å². The molecule has 0 bridgehead atoms. The van der Waals surface area contributed by atoms with E-state index in [0.717, 1.165) is 0 Å². The smallest absolute Gasteiger partial charge is 0.270 e. The molecule has 0 aliphatic heterocycles. The Bertz CT molecular complexity index is 699. The summed E-state index contributed by atoms with van der Waals surface area (Å²) in [5.41, 5.74) is 1.12. The summed E-state index contributed by atoms with van der Waals surface area (Å²) in [6.45, 7) is 0. The zero-order valence-electron chi connectivity index (χ0n) is 10.7. The summed E-state index contributed by atoms with van der Waals surface area (Å²) in [7, 11) is 0. The van der Waals surface area contributed by atoms with Crippen LogP contribution in [0.2, 0.25) is 0 Å². The van der Waals surface area contributed by atoms with E-state index in [-0.39, 0.29) is 11.6 Å². The van der Waals surface area contributed by atoms with Crippen LogP contribution in [0, 0.1) is 10.1 Å². The maximum absolute atomic E-state index is 11.7. The number of amides is 1. The van der Waals surface area contributed by atoms with E-state index in [9.17, 15) is 14.9 Å². The minimum absolute atomic E-state index is 0.0188. The van der Waals surface area contributed by atoms with E-state index in [0.29, 0.717) is 15.9 Å². The van der Waals surface area contributed by atoms with Crippen LogP contribution in [0.15, 0.2) is 53.3 Å². The Morgan fingerprint density at radius 2 is 2.14 bits per heavy atom. The molecule has 0 radical (unpaired) electrons. The second-order valence-corrected chi connectivity index (χ2v) is 4.86. The number of nitro groups is 1. The summed E-state index contributed by atoms with van der Waals surface area (Å²) in [6.07, 6.45) is 4.33. The Labute approximate surface area is 128 Å². The van der Waals surface area contributed by atoms with Crippen molar-refractivity contribution in [2.24, 2.45) is 0 Å². The average Bonchev–Trinajstić information content (AvgIpc) is 2.48. The fraction of sp³-hybridized carbons (Fsp3) is 0. The number of hydrogen-bond acceptors (Lipinski definition) is 4. The molecule has 1 heterocycles. The van der Waals surface area contributed by atoms with Crippen LogP contribution in [0.3, 0.4) is 0 Å². The normalized spacial score (nSPS) is 10.5. The Balaban J connectivity index is 2.03. The molecule has 1 N–H and O–H groups in total. The predicted octanol–water partition coefficient (Wildman–Crippen LogP) is 3.40. The molecule has 0 aliphatic rings. The third-order valence-electron chi connectivity index (χ3n) is 2.50. The second-order valence-electron chi connectivity index (χ2n) is 4.04. The minimum atomic E-state index is -0.481. The third-order valence-corrected chi connectivity index (χ3v) is 2.97. The summed E-state index contributed by atoms with van der Waals surface area (Å²) in [6, 6.07) is 9.44. The zero-order valence-corrected chi connectivity index (χ0v) is 12.3. The molecule has 2 rings (SSSR count). The molecular formula is C14H10BrN3O3. The molecule has 2 aromatic rings. The van der Waals surface area contributed by atoms with E-state index < -0.39 is 4.92 Å². The number of pyridine rings is 1. The Morgan fingerprint density at radius 3 is 2.81 bits per heavy atom. The van der Waals surface area contributed by atoms with Crippen molar-refractivity contribution in [3.05, 3.63) is 69.0 Å². The maximum atomic E-state index is 11.7. The fourth-order valence-corrected chi connectivity index (χ4v) is 1.78. The number of aromatic nitrogens is 1. The van der Waals surface area contributed by atoms with E-state index in [1.165, 1.54) is 30.5 Å². The highest BCUT2D eigenvalue weighted by molar-refractivity contribution is 9.10. The summed E-state index contributed by atoms with van der Waals surface area (Å²) in [5, 5.41) is 13.3. The van der Waals surface area contributed by atoms with Crippen LogP contribution in [0.1, 0.15) is 5.56 Å². The summed E-state index contributed by atoms with van der Waals surface area (Å²) < 4.78 is 0.674.